The molecule has 0 saturated heterocycles. The van der Waals surface area contributed by atoms with Gasteiger partial charge in [-0.05, 0) is 12.3 Å². The molecule has 102 valence electrons. The number of carbonyl (C=O) groups excluding carboxylic acids is 1. The lowest BCUT2D eigenvalue weighted by Gasteiger charge is -2.08. The van der Waals surface area contributed by atoms with Crippen LogP contribution >= 0.6 is 0 Å². The third kappa shape index (κ3) is 11.9. The van der Waals surface area contributed by atoms with Crippen molar-refractivity contribution in [1.82, 2.24) is 0 Å². The Morgan fingerprint density at radius 2 is 1.65 bits per heavy atom. The minimum atomic E-state index is 0.372. The van der Waals surface area contributed by atoms with E-state index in [9.17, 15) is 4.79 Å². The summed E-state index contributed by atoms with van der Waals surface area (Å²) in [7, 11) is 1.69. The van der Waals surface area contributed by atoms with Crippen molar-refractivity contribution in [1.29, 1.82) is 0 Å². The molecule has 0 radical (unpaired) electrons. The Morgan fingerprint density at radius 3 is 2.24 bits per heavy atom. The van der Waals surface area contributed by atoms with Crippen LogP contribution in [0.15, 0.2) is 0 Å². The summed E-state index contributed by atoms with van der Waals surface area (Å²) in [5, 5.41) is 0. The number of carbonyl (C=O) groups is 1. The molecule has 1 unspecified atom stereocenters. The van der Waals surface area contributed by atoms with Crippen molar-refractivity contribution < 1.29 is 9.53 Å². The molecule has 0 amide bonds. The first-order valence-electron chi connectivity index (χ1n) is 7.21. The van der Waals surface area contributed by atoms with Crippen LogP contribution < -0.4 is 0 Å². The molecule has 0 bridgehead atoms. The second-order valence-electron chi connectivity index (χ2n) is 5.17. The molecule has 0 aliphatic rings. The van der Waals surface area contributed by atoms with Crippen LogP contribution in [0.5, 0.6) is 0 Å². The Bertz CT molecular complexity index is 178. The van der Waals surface area contributed by atoms with Crippen LogP contribution in [-0.4, -0.2) is 19.5 Å². The molecule has 0 rings (SSSR count). The number of Topliss-reactive ketones (excluding diaryl/α,β-unsaturated/α-hetero) is 1. The van der Waals surface area contributed by atoms with Gasteiger partial charge in [0.05, 0.1) is 0 Å². The van der Waals surface area contributed by atoms with Gasteiger partial charge >= 0.3 is 0 Å². The molecular formula is C15H30O2. The normalized spacial score (nSPS) is 12.6. The molecule has 0 aliphatic heterocycles. The van der Waals surface area contributed by atoms with Crippen molar-refractivity contribution in [2.45, 2.75) is 71.6 Å². The number of unbranched alkanes of at least 4 members (excludes halogenated alkanes) is 6. The number of ether oxygens (including phenoxy) is 1. The molecule has 2 heteroatoms. The lowest BCUT2D eigenvalue weighted by atomic mass is 10.0. The predicted molar refractivity (Wildman–Crippen MR) is 73.3 cm³/mol. The number of hydrogen-bond donors (Lipinski definition) is 0. The summed E-state index contributed by atoms with van der Waals surface area (Å²) in [5.41, 5.74) is 0. The van der Waals surface area contributed by atoms with Gasteiger partial charge < -0.3 is 4.74 Å². The first-order chi connectivity index (χ1) is 8.20. The minimum absolute atomic E-state index is 0.372. The molecule has 2 nitrogen and oxygen atoms in total. The Hall–Kier alpha value is -0.370. The van der Waals surface area contributed by atoms with E-state index in [-0.39, 0.29) is 0 Å². The molecule has 0 saturated carbocycles. The predicted octanol–water partition coefficient (Wildman–Crippen LogP) is 4.37. The van der Waals surface area contributed by atoms with E-state index in [0.29, 0.717) is 24.7 Å². The average Bonchev–Trinajstić information content (AvgIpc) is 2.28. The second kappa shape index (κ2) is 12.1. The van der Waals surface area contributed by atoms with E-state index in [1.165, 1.54) is 38.5 Å². The van der Waals surface area contributed by atoms with Gasteiger partial charge in [0.25, 0.3) is 0 Å². The summed E-state index contributed by atoms with van der Waals surface area (Å²) in [6.45, 7) is 5.01. The van der Waals surface area contributed by atoms with Crippen LogP contribution in [0.4, 0.5) is 0 Å². The van der Waals surface area contributed by atoms with Crippen LogP contribution in [-0.2, 0) is 9.53 Å². The molecule has 0 aliphatic carbocycles. The van der Waals surface area contributed by atoms with Gasteiger partial charge in [0.1, 0.15) is 5.78 Å². The highest BCUT2D eigenvalue weighted by molar-refractivity contribution is 5.78. The molecule has 0 heterocycles. The summed E-state index contributed by atoms with van der Waals surface area (Å²) < 4.78 is 5.03. The van der Waals surface area contributed by atoms with Gasteiger partial charge in [0.2, 0.25) is 0 Å². The van der Waals surface area contributed by atoms with Crippen molar-refractivity contribution >= 4 is 5.78 Å². The minimum Gasteiger partial charge on any atom is -0.384 e. The monoisotopic (exact) mass is 242 g/mol. The summed E-state index contributed by atoms with van der Waals surface area (Å²) in [5.74, 6) is 0.778. The first kappa shape index (κ1) is 16.6. The standard InChI is InChI=1S/C15H30O2/c1-4-5-6-7-8-9-10-11-15(16)12-14(2)13-17-3/h14H,4-13H2,1-3H3. The third-order valence-electron chi connectivity index (χ3n) is 3.09. The van der Waals surface area contributed by atoms with Gasteiger partial charge in [-0.1, -0.05) is 52.4 Å². The van der Waals surface area contributed by atoms with Gasteiger partial charge in [-0.3, -0.25) is 4.79 Å². The van der Waals surface area contributed by atoms with E-state index in [4.69, 9.17) is 4.74 Å². The molecular weight excluding hydrogens is 212 g/mol. The Morgan fingerprint density at radius 1 is 1.06 bits per heavy atom. The summed E-state index contributed by atoms with van der Waals surface area (Å²) in [4.78, 5) is 11.6. The molecule has 0 aromatic rings. The first-order valence-corrected chi connectivity index (χ1v) is 7.21. The fourth-order valence-electron chi connectivity index (χ4n) is 2.11. The lowest BCUT2D eigenvalue weighted by molar-refractivity contribution is -0.120. The molecule has 0 N–H and O–H groups in total. The quantitative estimate of drug-likeness (QED) is 0.475. The van der Waals surface area contributed by atoms with E-state index in [2.05, 4.69) is 13.8 Å². The summed E-state index contributed by atoms with van der Waals surface area (Å²) in [6.07, 6.45) is 10.4. The van der Waals surface area contributed by atoms with Crippen LogP contribution in [0.2, 0.25) is 0 Å². The van der Waals surface area contributed by atoms with Gasteiger partial charge in [0.15, 0.2) is 0 Å². The van der Waals surface area contributed by atoms with Gasteiger partial charge in [-0.15, -0.1) is 0 Å². The van der Waals surface area contributed by atoms with Gasteiger partial charge in [-0.2, -0.15) is 0 Å². The average molecular weight is 242 g/mol. The molecule has 1 atom stereocenters. The van der Waals surface area contributed by atoms with Gasteiger partial charge in [0, 0.05) is 26.6 Å². The van der Waals surface area contributed by atoms with Crippen molar-refractivity contribution in [3.8, 4) is 0 Å². The third-order valence-corrected chi connectivity index (χ3v) is 3.09. The molecule has 0 spiro atoms. The zero-order valence-electron chi connectivity index (χ0n) is 12.0. The smallest absolute Gasteiger partial charge is 0.133 e. The van der Waals surface area contributed by atoms with Crippen LogP contribution in [0, 0.1) is 5.92 Å². The summed E-state index contributed by atoms with van der Waals surface area (Å²) in [6, 6.07) is 0. The zero-order chi connectivity index (χ0) is 12.9. The topological polar surface area (TPSA) is 26.3 Å². The van der Waals surface area contributed by atoms with E-state index in [0.717, 1.165) is 12.8 Å². The highest BCUT2D eigenvalue weighted by atomic mass is 16.5. The molecule has 0 aromatic heterocycles. The number of ketones is 1. The highest BCUT2D eigenvalue weighted by Gasteiger charge is 2.08. The summed E-state index contributed by atoms with van der Waals surface area (Å²) >= 11 is 0. The maximum atomic E-state index is 11.6. The van der Waals surface area contributed by atoms with Crippen molar-refractivity contribution in [3.63, 3.8) is 0 Å². The second-order valence-corrected chi connectivity index (χ2v) is 5.17. The number of methoxy groups -OCH3 is 1. The molecule has 0 aromatic carbocycles. The van der Waals surface area contributed by atoms with E-state index < -0.39 is 0 Å². The largest absolute Gasteiger partial charge is 0.384 e. The Kier molecular flexibility index (Phi) is 11.8. The molecule has 17 heavy (non-hydrogen) atoms. The number of rotatable bonds is 12. The van der Waals surface area contributed by atoms with Crippen LogP contribution in [0.1, 0.15) is 71.6 Å². The van der Waals surface area contributed by atoms with E-state index >= 15 is 0 Å². The van der Waals surface area contributed by atoms with Crippen molar-refractivity contribution in [3.05, 3.63) is 0 Å². The fourth-order valence-corrected chi connectivity index (χ4v) is 2.11. The number of hydrogen-bond acceptors (Lipinski definition) is 2. The Labute approximate surface area is 107 Å². The van der Waals surface area contributed by atoms with Crippen LogP contribution in [0.3, 0.4) is 0 Å². The lowest BCUT2D eigenvalue weighted by Crippen LogP contribution is -2.10. The maximum Gasteiger partial charge on any atom is 0.133 e. The highest BCUT2D eigenvalue weighted by Crippen LogP contribution is 2.11. The van der Waals surface area contributed by atoms with Gasteiger partial charge in [-0.25, -0.2) is 0 Å². The van der Waals surface area contributed by atoms with E-state index in [1.807, 2.05) is 0 Å². The van der Waals surface area contributed by atoms with Crippen molar-refractivity contribution in [2.24, 2.45) is 5.92 Å². The maximum absolute atomic E-state index is 11.6. The Balaban J connectivity index is 3.27. The fraction of sp³-hybridized carbons (Fsp3) is 0.933. The zero-order valence-corrected chi connectivity index (χ0v) is 12.0. The van der Waals surface area contributed by atoms with Crippen molar-refractivity contribution in [2.75, 3.05) is 13.7 Å². The van der Waals surface area contributed by atoms with E-state index in [1.54, 1.807) is 7.11 Å². The van der Waals surface area contributed by atoms with Crippen LogP contribution in [0.25, 0.3) is 0 Å². The SMILES string of the molecule is CCCCCCCCCC(=O)CC(C)COC. The molecule has 0 fully saturated rings.